The monoisotopic (exact) mass is 707 g/mol. The first kappa shape index (κ1) is 44.3. The predicted molar refractivity (Wildman–Crippen MR) is 189 cm³/mol. The Kier molecular flexibility index (Phi) is 16.4. The number of rotatable bonds is 15. The van der Waals surface area contributed by atoms with Crippen molar-refractivity contribution < 1.29 is 47.7 Å². The van der Waals surface area contributed by atoms with Gasteiger partial charge in [0.05, 0.1) is 23.4 Å². The summed E-state index contributed by atoms with van der Waals surface area (Å²) in [7, 11) is 0. The summed E-state index contributed by atoms with van der Waals surface area (Å²) in [4.78, 5) is 66.7. The normalized spacial score (nSPS) is 15.4. The van der Waals surface area contributed by atoms with Gasteiger partial charge in [-0.15, -0.1) is 0 Å². The van der Waals surface area contributed by atoms with E-state index < -0.39 is 82.6 Å². The lowest BCUT2D eigenvalue weighted by Gasteiger charge is -2.35. The molecule has 3 amide bonds. The second kappa shape index (κ2) is 18.5. The minimum atomic E-state index is -1.36. The number of hydrogen-bond donors (Lipinski definition) is 3. The van der Waals surface area contributed by atoms with Crippen LogP contribution in [0.3, 0.4) is 0 Å². The molecule has 0 aliphatic heterocycles. The van der Waals surface area contributed by atoms with Crippen molar-refractivity contribution >= 4 is 29.8 Å². The van der Waals surface area contributed by atoms with Crippen LogP contribution in [0.1, 0.15) is 115 Å². The molecule has 13 heteroatoms. The first-order valence-corrected chi connectivity index (χ1v) is 17.0. The number of ether oxygens (including phenoxy) is 5. The van der Waals surface area contributed by atoms with E-state index in [1.807, 2.05) is 26.8 Å². The van der Waals surface area contributed by atoms with E-state index in [1.165, 1.54) is 0 Å². The molecule has 0 saturated heterocycles. The quantitative estimate of drug-likeness (QED) is 0.164. The van der Waals surface area contributed by atoms with Crippen LogP contribution in [-0.4, -0.2) is 82.6 Å². The van der Waals surface area contributed by atoms with E-state index in [-0.39, 0.29) is 19.4 Å². The van der Waals surface area contributed by atoms with Gasteiger partial charge in [0.1, 0.15) is 29.9 Å². The molecule has 0 fully saturated rings. The minimum Gasteiger partial charge on any atom is -0.460 e. The molecule has 0 aliphatic carbocycles. The van der Waals surface area contributed by atoms with Gasteiger partial charge in [-0.1, -0.05) is 30.3 Å². The van der Waals surface area contributed by atoms with Crippen molar-refractivity contribution in [1.29, 1.82) is 0 Å². The van der Waals surface area contributed by atoms with Crippen molar-refractivity contribution in [2.45, 2.75) is 169 Å². The molecule has 1 rings (SSSR count). The van der Waals surface area contributed by atoms with Gasteiger partial charge in [0, 0.05) is 6.42 Å². The van der Waals surface area contributed by atoms with Crippen molar-refractivity contribution in [1.82, 2.24) is 16.0 Å². The van der Waals surface area contributed by atoms with E-state index >= 15 is 0 Å². The molecular formula is C37H61N3O10. The molecule has 0 bridgehead atoms. The fraction of sp³-hybridized carbons (Fsp3) is 0.703. The molecule has 3 N–H and O–H groups in total. The van der Waals surface area contributed by atoms with E-state index in [2.05, 4.69) is 16.0 Å². The summed E-state index contributed by atoms with van der Waals surface area (Å²) in [6.45, 7) is 24.2. The first-order chi connectivity index (χ1) is 22.7. The second-order valence-corrected chi connectivity index (χ2v) is 16.3. The topological polar surface area (TPSA) is 168 Å². The van der Waals surface area contributed by atoms with Crippen LogP contribution in [0.15, 0.2) is 30.3 Å². The molecule has 0 heterocycles. The fourth-order valence-electron chi connectivity index (χ4n) is 4.71. The Balaban J connectivity index is 3.40. The molecule has 0 saturated carbocycles. The lowest BCUT2D eigenvalue weighted by atomic mass is 10.0. The Bertz CT molecular complexity index is 1270. The molecule has 0 unspecified atom stereocenters. The van der Waals surface area contributed by atoms with Crippen molar-refractivity contribution in [2.24, 2.45) is 0 Å². The average Bonchev–Trinajstić information content (AvgIpc) is 2.92. The van der Waals surface area contributed by atoms with Crippen molar-refractivity contribution in [3.05, 3.63) is 35.9 Å². The van der Waals surface area contributed by atoms with Gasteiger partial charge in [-0.2, -0.15) is 0 Å². The standard InChI is InChI=1S/C37H61N3O10/c1-23(47-34(3,4)5)28(31(43)40-29(24(2)48-35(6,7)8)32(44)50-37(12,13)14)39-30(42)26(20-21-27(41)49-36(9,10)11)38-33(45)46-22-25-18-16-15-17-19-25/h15-19,23-24,26,28-29H,20-22H2,1-14H3,(H,38,45)(H,39,42)(H,40,43)/t23-,24-,26+,28+,29+/m1/s1. The highest BCUT2D eigenvalue weighted by Crippen LogP contribution is 2.19. The van der Waals surface area contributed by atoms with Crippen LogP contribution < -0.4 is 16.0 Å². The number of hydrogen-bond acceptors (Lipinski definition) is 10. The molecule has 13 nitrogen and oxygen atoms in total. The molecule has 284 valence electrons. The third-order valence-electron chi connectivity index (χ3n) is 6.43. The second-order valence-electron chi connectivity index (χ2n) is 16.3. The van der Waals surface area contributed by atoms with Crippen LogP contribution >= 0.6 is 0 Å². The largest absolute Gasteiger partial charge is 0.460 e. The van der Waals surface area contributed by atoms with Crippen LogP contribution in [0.25, 0.3) is 0 Å². The van der Waals surface area contributed by atoms with Gasteiger partial charge >= 0.3 is 18.0 Å². The summed E-state index contributed by atoms with van der Waals surface area (Å²) < 4.78 is 28.4. The van der Waals surface area contributed by atoms with Gasteiger partial charge < -0.3 is 39.6 Å². The maximum Gasteiger partial charge on any atom is 0.408 e. The summed E-state index contributed by atoms with van der Waals surface area (Å²) >= 11 is 0. The number of benzene rings is 1. The summed E-state index contributed by atoms with van der Waals surface area (Å²) in [5.41, 5.74) is -2.29. The molecule has 1 aromatic rings. The first-order valence-electron chi connectivity index (χ1n) is 17.0. The van der Waals surface area contributed by atoms with Gasteiger partial charge in [-0.3, -0.25) is 14.4 Å². The van der Waals surface area contributed by atoms with Crippen LogP contribution in [-0.2, 0) is 49.5 Å². The Morgan fingerprint density at radius 2 is 1.10 bits per heavy atom. The number of esters is 2. The Labute approximate surface area is 298 Å². The molecule has 0 spiro atoms. The number of alkyl carbamates (subject to hydrolysis) is 1. The zero-order valence-electron chi connectivity index (χ0n) is 32.5. The van der Waals surface area contributed by atoms with E-state index in [0.29, 0.717) is 0 Å². The summed E-state index contributed by atoms with van der Waals surface area (Å²) in [5.74, 6) is -2.85. The van der Waals surface area contributed by atoms with E-state index in [9.17, 15) is 24.0 Å². The third kappa shape index (κ3) is 18.9. The molecular weight excluding hydrogens is 646 g/mol. The molecule has 50 heavy (non-hydrogen) atoms. The minimum absolute atomic E-state index is 0.0601. The highest BCUT2D eigenvalue weighted by atomic mass is 16.6. The molecule has 0 radical (unpaired) electrons. The van der Waals surface area contributed by atoms with Crippen molar-refractivity contribution in [2.75, 3.05) is 0 Å². The van der Waals surface area contributed by atoms with Gasteiger partial charge in [-0.05, 0) is 109 Å². The van der Waals surface area contributed by atoms with Gasteiger partial charge in [-0.25, -0.2) is 9.59 Å². The predicted octanol–water partition coefficient (Wildman–Crippen LogP) is 5.12. The number of carbonyl (C=O) groups is 5. The summed E-state index contributed by atoms with van der Waals surface area (Å²) in [6.07, 6.45) is -3.04. The summed E-state index contributed by atoms with van der Waals surface area (Å²) in [6, 6.07) is 5.04. The van der Waals surface area contributed by atoms with Crippen LogP contribution in [0.2, 0.25) is 0 Å². The van der Waals surface area contributed by atoms with E-state index in [4.69, 9.17) is 23.7 Å². The highest BCUT2D eigenvalue weighted by Gasteiger charge is 2.39. The zero-order valence-corrected chi connectivity index (χ0v) is 32.5. The SMILES string of the molecule is C[C@@H](OC(C)(C)C)[C@H](NC(=O)[C@H](CCC(=O)OC(C)(C)C)NC(=O)OCc1ccccc1)C(=O)N[C@H](C(=O)OC(C)(C)C)[C@@H](C)OC(C)(C)C. The zero-order chi connectivity index (χ0) is 38.7. The third-order valence-corrected chi connectivity index (χ3v) is 6.43. The maximum absolute atomic E-state index is 14.0. The molecule has 0 aromatic heterocycles. The Morgan fingerprint density at radius 1 is 0.620 bits per heavy atom. The highest BCUT2D eigenvalue weighted by molar-refractivity contribution is 5.93. The molecule has 5 atom stereocenters. The number of carbonyl (C=O) groups excluding carboxylic acids is 5. The van der Waals surface area contributed by atoms with Crippen LogP contribution in [0, 0.1) is 0 Å². The number of amides is 3. The smallest absolute Gasteiger partial charge is 0.408 e. The van der Waals surface area contributed by atoms with Crippen molar-refractivity contribution in [3.63, 3.8) is 0 Å². The maximum atomic E-state index is 14.0. The Hall–Kier alpha value is -3.71. The average molecular weight is 708 g/mol. The van der Waals surface area contributed by atoms with Gasteiger partial charge in [0.15, 0.2) is 6.04 Å². The lowest BCUT2D eigenvalue weighted by molar-refractivity contribution is -0.167. The molecule has 0 aliphatic rings. The van der Waals surface area contributed by atoms with Gasteiger partial charge in [0.2, 0.25) is 11.8 Å². The van der Waals surface area contributed by atoms with Gasteiger partial charge in [0.25, 0.3) is 0 Å². The Morgan fingerprint density at radius 3 is 1.58 bits per heavy atom. The van der Waals surface area contributed by atoms with Crippen LogP contribution in [0.4, 0.5) is 4.79 Å². The fourth-order valence-corrected chi connectivity index (χ4v) is 4.71. The summed E-state index contributed by atoms with van der Waals surface area (Å²) in [5, 5.41) is 7.91. The van der Waals surface area contributed by atoms with E-state index in [1.54, 1.807) is 100 Å². The van der Waals surface area contributed by atoms with Crippen LogP contribution in [0.5, 0.6) is 0 Å². The van der Waals surface area contributed by atoms with E-state index in [0.717, 1.165) is 5.56 Å². The molecule has 1 aromatic carbocycles. The number of nitrogens with one attached hydrogen (secondary N) is 3. The lowest BCUT2D eigenvalue weighted by Crippen LogP contribution is -2.62. The van der Waals surface area contributed by atoms with Crippen molar-refractivity contribution in [3.8, 4) is 0 Å².